The van der Waals surface area contributed by atoms with Crippen LogP contribution in [0.1, 0.15) is 35.5 Å². The molecular formula is C27H24N4OS. The molecule has 2 heterocycles. The van der Waals surface area contributed by atoms with Crippen LogP contribution in [0.3, 0.4) is 0 Å². The number of allylic oxidation sites excluding steroid dienone is 1. The number of nitrogens with zero attached hydrogens (tertiary/aromatic N) is 3. The molecule has 1 aliphatic rings. The Morgan fingerprint density at radius 2 is 1.48 bits per heavy atom. The van der Waals surface area contributed by atoms with E-state index in [1.54, 1.807) is 0 Å². The van der Waals surface area contributed by atoms with Crippen molar-refractivity contribution in [1.29, 1.82) is 0 Å². The van der Waals surface area contributed by atoms with Gasteiger partial charge in [-0.15, -0.1) is 0 Å². The normalized spacial score (nSPS) is 16.2. The van der Waals surface area contributed by atoms with Gasteiger partial charge in [0, 0.05) is 16.9 Å². The van der Waals surface area contributed by atoms with Crippen LogP contribution in [-0.2, 0) is 0 Å². The average Bonchev–Trinajstić information content (AvgIpc) is 3.30. The molecule has 1 aromatic heterocycles. The van der Waals surface area contributed by atoms with E-state index >= 15 is 0 Å². The maximum absolute atomic E-state index is 5.83. The number of aryl methyl sites for hydroxylation is 2. The predicted octanol–water partition coefficient (Wildman–Crippen LogP) is 6.22. The molecule has 33 heavy (non-hydrogen) atoms. The van der Waals surface area contributed by atoms with E-state index < -0.39 is 0 Å². The SMILES string of the molecule is CC1=C(c2nc(-c3ccc(C)cc3)no2)C(c2ccc(C)cc2)NC(=S)N1c1ccccc1. The van der Waals surface area contributed by atoms with Crippen molar-refractivity contribution < 1.29 is 4.52 Å². The molecule has 5 nitrogen and oxygen atoms in total. The minimum absolute atomic E-state index is 0.204. The molecule has 0 fully saturated rings. The minimum atomic E-state index is -0.204. The summed E-state index contributed by atoms with van der Waals surface area (Å²) in [6.07, 6.45) is 0. The molecule has 3 aromatic carbocycles. The fraction of sp³-hybridized carbons (Fsp3) is 0.148. The zero-order valence-corrected chi connectivity index (χ0v) is 19.6. The number of aromatic nitrogens is 2. The molecule has 0 bridgehead atoms. The van der Waals surface area contributed by atoms with Crippen LogP contribution in [0.25, 0.3) is 17.0 Å². The van der Waals surface area contributed by atoms with Crippen LogP contribution < -0.4 is 10.2 Å². The third kappa shape index (κ3) is 4.05. The molecular weight excluding hydrogens is 428 g/mol. The third-order valence-corrected chi connectivity index (χ3v) is 6.18. The van der Waals surface area contributed by atoms with Crippen LogP contribution in [-0.4, -0.2) is 15.3 Å². The summed E-state index contributed by atoms with van der Waals surface area (Å²) in [5.74, 6) is 1.04. The smallest absolute Gasteiger partial charge is 0.258 e. The van der Waals surface area contributed by atoms with Crippen LogP contribution in [0.4, 0.5) is 5.69 Å². The molecule has 1 unspecified atom stereocenters. The Bertz CT molecular complexity index is 1320. The molecule has 0 saturated carbocycles. The Balaban J connectivity index is 1.64. The van der Waals surface area contributed by atoms with Crippen LogP contribution in [0.2, 0.25) is 0 Å². The number of benzene rings is 3. The number of nitrogens with one attached hydrogen (secondary N) is 1. The van der Waals surface area contributed by atoms with Crippen LogP contribution in [0, 0.1) is 13.8 Å². The van der Waals surface area contributed by atoms with Gasteiger partial charge < -0.3 is 9.84 Å². The van der Waals surface area contributed by atoms with E-state index in [1.807, 2.05) is 66.4 Å². The fourth-order valence-corrected chi connectivity index (χ4v) is 4.43. The van der Waals surface area contributed by atoms with Gasteiger partial charge in [-0.05, 0) is 50.7 Å². The van der Waals surface area contributed by atoms with Crippen molar-refractivity contribution in [2.75, 3.05) is 4.90 Å². The van der Waals surface area contributed by atoms with Crippen LogP contribution >= 0.6 is 12.2 Å². The Morgan fingerprint density at radius 1 is 0.848 bits per heavy atom. The molecule has 164 valence electrons. The Hall–Kier alpha value is -3.77. The van der Waals surface area contributed by atoms with E-state index in [0.29, 0.717) is 16.8 Å². The third-order valence-electron chi connectivity index (χ3n) is 5.88. The molecule has 1 aliphatic heterocycles. The lowest BCUT2D eigenvalue weighted by atomic mass is 9.94. The van der Waals surface area contributed by atoms with Gasteiger partial charge in [0.15, 0.2) is 5.11 Å². The molecule has 0 amide bonds. The van der Waals surface area contributed by atoms with Crippen LogP contribution in [0.15, 0.2) is 89.1 Å². The summed E-state index contributed by atoms with van der Waals surface area (Å²) >= 11 is 5.80. The van der Waals surface area contributed by atoms with Gasteiger partial charge >= 0.3 is 0 Å². The summed E-state index contributed by atoms with van der Waals surface area (Å²) in [7, 11) is 0. The molecule has 0 spiro atoms. The second-order valence-electron chi connectivity index (χ2n) is 8.25. The Labute approximate surface area is 198 Å². The molecule has 6 heteroatoms. The topological polar surface area (TPSA) is 54.2 Å². The number of para-hydroxylation sites is 1. The lowest BCUT2D eigenvalue weighted by molar-refractivity contribution is 0.404. The van der Waals surface area contributed by atoms with Gasteiger partial charge in [0.1, 0.15) is 0 Å². The molecule has 5 rings (SSSR count). The van der Waals surface area contributed by atoms with E-state index in [4.69, 9.17) is 21.7 Å². The molecule has 0 aliphatic carbocycles. The summed E-state index contributed by atoms with van der Waals surface area (Å²) in [5, 5.41) is 8.42. The van der Waals surface area contributed by atoms with Gasteiger partial charge in [0.2, 0.25) is 5.82 Å². The minimum Gasteiger partial charge on any atom is -0.351 e. The van der Waals surface area contributed by atoms with Gasteiger partial charge in [-0.1, -0.05) is 83.0 Å². The van der Waals surface area contributed by atoms with Crippen molar-refractivity contribution in [3.8, 4) is 11.4 Å². The first-order valence-corrected chi connectivity index (χ1v) is 11.3. The van der Waals surface area contributed by atoms with Gasteiger partial charge in [-0.3, -0.25) is 4.90 Å². The summed E-state index contributed by atoms with van der Waals surface area (Å²) in [6.45, 7) is 6.18. The highest BCUT2D eigenvalue weighted by molar-refractivity contribution is 7.80. The van der Waals surface area contributed by atoms with Gasteiger partial charge in [-0.2, -0.15) is 4.98 Å². The van der Waals surface area contributed by atoms with Gasteiger partial charge in [-0.25, -0.2) is 0 Å². The summed E-state index contributed by atoms with van der Waals surface area (Å²) in [4.78, 5) is 6.80. The fourth-order valence-electron chi connectivity index (χ4n) is 4.07. The number of hydrogen-bond acceptors (Lipinski definition) is 4. The predicted molar refractivity (Wildman–Crippen MR) is 136 cm³/mol. The standard InChI is InChI=1S/C27H24N4OS/c1-17-9-13-20(14-10-17)24-23(19(3)31(27(33)28-24)22-7-5-4-6-8-22)26-29-25(30-32-26)21-15-11-18(2)12-16-21/h4-16,24H,1-3H3,(H,28,33). The van der Waals surface area contributed by atoms with E-state index in [2.05, 4.69) is 48.6 Å². The zero-order valence-electron chi connectivity index (χ0n) is 18.7. The first-order valence-electron chi connectivity index (χ1n) is 10.9. The van der Waals surface area contributed by atoms with Crippen molar-refractivity contribution in [1.82, 2.24) is 15.5 Å². The zero-order chi connectivity index (χ0) is 22.9. The van der Waals surface area contributed by atoms with E-state index in [9.17, 15) is 0 Å². The van der Waals surface area contributed by atoms with Crippen molar-refractivity contribution in [2.45, 2.75) is 26.8 Å². The number of hydrogen-bond donors (Lipinski definition) is 1. The van der Waals surface area contributed by atoms with Gasteiger partial charge in [0.25, 0.3) is 5.89 Å². The molecule has 1 atom stereocenters. The second-order valence-corrected chi connectivity index (χ2v) is 8.64. The maximum atomic E-state index is 5.83. The monoisotopic (exact) mass is 452 g/mol. The second kappa shape index (κ2) is 8.64. The molecule has 4 aromatic rings. The Kier molecular flexibility index (Phi) is 5.52. The lowest BCUT2D eigenvalue weighted by Crippen LogP contribution is -2.46. The summed E-state index contributed by atoms with van der Waals surface area (Å²) in [5.41, 5.74) is 7.22. The van der Waals surface area contributed by atoms with Crippen molar-refractivity contribution >= 4 is 28.6 Å². The molecule has 1 N–H and O–H groups in total. The lowest BCUT2D eigenvalue weighted by Gasteiger charge is -2.37. The summed E-state index contributed by atoms with van der Waals surface area (Å²) < 4.78 is 5.83. The van der Waals surface area contributed by atoms with Crippen molar-refractivity contribution in [2.24, 2.45) is 0 Å². The van der Waals surface area contributed by atoms with E-state index in [1.165, 1.54) is 11.1 Å². The molecule has 0 saturated heterocycles. The largest absolute Gasteiger partial charge is 0.351 e. The highest BCUT2D eigenvalue weighted by Crippen LogP contribution is 2.39. The van der Waals surface area contributed by atoms with Gasteiger partial charge in [0.05, 0.1) is 11.6 Å². The Morgan fingerprint density at radius 3 is 2.15 bits per heavy atom. The first kappa shape index (κ1) is 21.1. The number of thiocarbonyl (C=S) groups is 1. The quantitative estimate of drug-likeness (QED) is 0.371. The summed E-state index contributed by atoms with van der Waals surface area (Å²) in [6, 6.07) is 26.4. The van der Waals surface area contributed by atoms with Crippen molar-refractivity contribution in [3.63, 3.8) is 0 Å². The van der Waals surface area contributed by atoms with Crippen molar-refractivity contribution in [3.05, 3.63) is 107 Å². The maximum Gasteiger partial charge on any atom is 0.258 e. The number of rotatable bonds is 4. The average molecular weight is 453 g/mol. The highest BCUT2D eigenvalue weighted by atomic mass is 32.1. The first-order chi connectivity index (χ1) is 16.0. The van der Waals surface area contributed by atoms with E-state index in [-0.39, 0.29) is 6.04 Å². The van der Waals surface area contributed by atoms with E-state index in [0.717, 1.165) is 28.1 Å². The molecule has 0 radical (unpaired) electrons. The highest BCUT2D eigenvalue weighted by Gasteiger charge is 2.34. The number of anilines is 1. The van der Waals surface area contributed by atoms with Crippen LogP contribution in [0.5, 0.6) is 0 Å².